The fraction of sp³-hybridized carbons (Fsp3) is 0. The molecule has 0 aliphatic carbocycles. The molecule has 18 heavy (non-hydrogen) atoms. The zero-order valence-corrected chi connectivity index (χ0v) is 9.78. The van der Waals surface area contributed by atoms with Crippen molar-refractivity contribution in [2.45, 2.75) is 0 Å². The molecule has 1 aromatic heterocycles. The van der Waals surface area contributed by atoms with E-state index in [2.05, 4.69) is 10.3 Å². The largest absolute Gasteiger partial charge is 0.508 e. The van der Waals surface area contributed by atoms with E-state index in [1.165, 1.54) is 24.3 Å². The average molecular weight is 267 g/mol. The Bertz CT molecular complexity index is 587. The van der Waals surface area contributed by atoms with E-state index in [1.54, 1.807) is 0 Å². The van der Waals surface area contributed by atoms with E-state index in [0.29, 0.717) is 5.69 Å². The van der Waals surface area contributed by atoms with Crippen LogP contribution in [0.3, 0.4) is 0 Å². The highest BCUT2D eigenvalue weighted by molar-refractivity contribution is 6.33. The first-order valence-corrected chi connectivity index (χ1v) is 5.35. The van der Waals surface area contributed by atoms with Gasteiger partial charge in [0.2, 0.25) is 0 Å². The number of hydrogen-bond donors (Lipinski definition) is 2. The number of carbonyl (C=O) groups excluding carboxylic acids is 1. The van der Waals surface area contributed by atoms with Crippen LogP contribution in [0.1, 0.15) is 10.4 Å². The molecule has 1 aromatic carbocycles. The lowest BCUT2D eigenvalue weighted by molar-refractivity contribution is 0.102. The molecule has 0 unspecified atom stereocenters. The van der Waals surface area contributed by atoms with Gasteiger partial charge in [-0.15, -0.1) is 0 Å². The van der Waals surface area contributed by atoms with Gasteiger partial charge in [-0.3, -0.25) is 4.79 Å². The van der Waals surface area contributed by atoms with Gasteiger partial charge >= 0.3 is 0 Å². The van der Waals surface area contributed by atoms with Crippen LogP contribution in [0.15, 0.2) is 36.5 Å². The van der Waals surface area contributed by atoms with Crippen molar-refractivity contribution in [3.05, 3.63) is 53.1 Å². The average Bonchev–Trinajstić information content (AvgIpc) is 2.35. The molecule has 0 spiro atoms. The van der Waals surface area contributed by atoms with Crippen LogP contribution >= 0.6 is 11.6 Å². The van der Waals surface area contributed by atoms with Crippen molar-refractivity contribution in [3.63, 3.8) is 0 Å². The number of aromatic hydroxyl groups is 1. The fourth-order valence-electron chi connectivity index (χ4n) is 1.33. The summed E-state index contributed by atoms with van der Waals surface area (Å²) in [5.74, 6) is -1.13. The summed E-state index contributed by atoms with van der Waals surface area (Å²) in [6.45, 7) is 0. The van der Waals surface area contributed by atoms with Gasteiger partial charge in [-0.2, -0.15) is 0 Å². The minimum absolute atomic E-state index is 0.0512. The van der Waals surface area contributed by atoms with Crippen molar-refractivity contribution in [2.24, 2.45) is 0 Å². The Morgan fingerprint density at radius 1 is 1.33 bits per heavy atom. The molecule has 2 rings (SSSR count). The normalized spacial score (nSPS) is 10.1. The number of anilines is 1. The summed E-state index contributed by atoms with van der Waals surface area (Å²) < 4.78 is 13.0. The van der Waals surface area contributed by atoms with Crippen molar-refractivity contribution in [2.75, 3.05) is 5.32 Å². The van der Waals surface area contributed by atoms with Crippen LogP contribution < -0.4 is 5.32 Å². The molecule has 1 amide bonds. The lowest BCUT2D eigenvalue weighted by atomic mass is 10.2. The summed E-state index contributed by atoms with van der Waals surface area (Å²) in [4.78, 5) is 15.4. The van der Waals surface area contributed by atoms with Gasteiger partial charge < -0.3 is 10.4 Å². The second kappa shape index (κ2) is 5.01. The minimum Gasteiger partial charge on any atom is -0.508 e. The fourth-order valence-corrected chi connectivity index (χ4v) is 1.51. The summed E-state index contributed by atoms with van der Waals surface area (Å²) in [6.07, 6.45) is 0.930. The van der Waals surface area contributed by atoms with Crippen LogP contribution in [-0.4, -0.2) is 16.0 Å². The van der Waals surface area contributed by atoms with Crippen LogP contribution in [0, 0.1) is 5.82 Å². The lowest BCUT2D eigenvalue weighted by Gasteiger charge is -2.06. The van der Waals surface area contributed by atoms with Gasteiger partial charge in [0.1, 0.15) is 16.7 Å². The third-order valence-corrected chi connectivity index (χ3v) is 2.48. The van der Waals surface area contributed by atoms with Gasteiger partial charge in [-0.1, -0.05) is 11.6 Å². The van der Waals surface area contributed by atoms with Gasteiger partial charge in [-0.05, 0) is 30.3 Å². The number of carbonyl (C=O) groups is 1. The molecule has 0 saturated heterocycles. The maximum Gasteiger partial charge on any atom is 0.258 e. The SMILES string of the molecule is O=C(Nc1ccc(O)cc1)c1cc(F)cnc1Cl. The first-order chi connectivity index (χ1) is 8.56. The van der Waals surface area contributed by atoms with Crippen LogP contribution in [0.4, 0.5) is 10.1 Å². The van der Waals surface area contributed by atoms with Crippen LogP contribution in [-0.2, 0) is 0 Å². The van der Waals surface area contributed by atoms with E-state index >= 15 is 0 Å². The summed E-state index contributed by atoms with van der Waals surface area (Å²) in [5, 5.41) is 11.5. The molecule has 6 heteroatoms. The highest BCUT2D eigenvalue weighted by Crippen LogP contribution is 2.18. The first kappa shape index (κ1) is 12.3. The molecule has 0 bridgehead atoms. The topological polar surface area (TPSA) is 62.2 Å². The number of aromatic nitrogens is 1. The quantitative estimate of drug-likeness (QED) is 0.649. The van der Waals surface area contributed by atoms with Gasteiger partial charge in [0, 0.05) is 5.69 Å². The first-order valence-electron chi connectivity index (χ1n) is 4.97. The molecule has 1 heterocycles. The van der Waals surface area contributed by atoms with E-state index < -0.39 is 11.7 Å². The molecular weight excluding hydrogens is 259 g/mol. The number of halogens is 2. The minimum atomic E-state index is -0.643. The molecule has 0 atom stereocenters. The Balaban J connectivity index is 2.21. The molecule has 0 fully saturated rings. The molecule has 2 N–H and O–H groups in total. The van der Waals surface area contributed by atoms with Gasteiger partial charge in [0.25, 0.3) is 5.91 Å². The number of nitrogens with one attached hydrogen (secondary N) is 1. The molecule has 92 valence electrons. The van der Waals surface area contributed by atoms with Crippen LogP contribution in [0.2, 0.25) is 5.15 Å². The third kappa shape index (κ3) is 2.75. The Kier molecular flexibility index (Phi) is 3.43. The monoisotopic (exact) mass is 266 g/mol. The van der Waals surface area contributed by atoms with Crippen molar-refractivity contribution in [3.8, 4) is 5.75 Å². The molecule has 0 saturated carbocycles. The summed E-state index contributed by atoms with van der Waals surface area (Å²) in [5.41, 5.74) is 0.405. The zero-order valence-electron chi connectivity index (χ0n) is 9.02. The number of rotatable bonds is 2. The van der Waals surface area contributed by atoms with Crippen LogP contribution in [0.5, 0.6) is 5.75 Å². The van der Waals surface area contributed by atoms with Crippen molar-refractivity contribution in [1.29, 1.82) is 0 Å². The van der Waals surface area contributed by atoms with Crippen LogP contribution in [0.25, 0.3) is 0 Å². The van der Waals surface area contributed by atoms with E-state index in [9.17, 15) is 9.18 Å². The predicted molar refractivity (Wildman–Crippen MR) is 65.3 cm³/mol. The highest BCUT2D eigenvalue weighted by Gasteiger charge is 2.12. The Hall–Kier alpha value is -2.14. The summed E-state index contributed by atoms with van der Waals surface area (Å²) in [6, 6.07) is 6.86. The van der Waals surface area contributed by atoms with Crippen molar-refractivity contribution < 1.29 is 14.3 Å². The van der Waals surface area contributed by atoms with E-state index in [0.717, 1.165) is 12.3 Å². The Labute approximate surface area is 107 Å². The number of hydrogen-bond acceptors (Lipinski definition) is 3. The number of benzene rings is 1. The standard InChI is InChI=1S/C12H8ClFN2O2/c13-11-10(5-7(14)6-15-11)12(18)16-8-1-3-9(17)4-2-8/h1-6,17H,(H,16,18). The maximum absolute atomic E-state index is 13.0. The molecule has 4 nitrogen and oxygen atoms in total. The van der Waals surface area contributed by atoms with E-state index in [4.69, 9.17) is 16.7 Å². The zero-order chi connectivity index (χ0) is 13.1. The van der Waals surface area contributed by atoms with Crippen molar-refractivity contribution in [1.82, 2.24) is 4.98 Å². The third-order valence-electron chi connectivity index (χ3n) is 2.18. The smallest absolute Gasteiger partial charge is 0.258 e. The number of phenols is 1. The number of phenolic OH excluding ortho intramolecular Hbond substituents is 1. The summed E-state index contributed by atoms with van der Waals surface area (Å²) >= 11 is 5.70. The lowest BCUT2D eigenvalue weighted by Crippen LogP contribution is -2.13. The maximum atomic E-state index is 13.0. The molecule has 2 aromatic rings. The molecule has 0 radical (unpaired) electrons. The second-order valence-corrected chi connectivity index (χ2v) is 3.85. The van der Waals surface area contributed by atoms with E-state index in [-0.39, 0.29) is 16.5 Å². The van der Waals surface area contributed by atoms with E-state index in [1.807, 2.05) is 0 Å². The number of pyridine rings is 1. The summed E-state index contributed by atoms with van der Waals surface area (Å²) in [7, 11) is 0. The predicted octanol–water partition coefficient (Wildman–Crippen LogP) is 2.83. The van der Waals surface area contributed by atoms with Gasteiger partial charge in [-0.25, -0.2) is 9.37 Å². The molecule has 0 aliphatic heterocycles. The highest BCUT2D eigenvalue weighted by atomic mass is 35.5. The van der Waals surface area contributed by atoms with Gasteiger partial charge in [0.15, 0.2) is 0 Å². The number of nitrogens with zero attached hydrogens (tertiary/aromatic N) is 1. The molecular formula is C12H8ClFN2O2. The van der Waals surface area contributed by atoms with Gasteiger partial charge in [0.05, 0.1) is 11.8 Å². The second-order valence-electron chi connectivity index (χ2n) is 3.49. The van der Waals surface area contributed by atoms with Crippen molar-refractivity contribution >= 4 is 23.2 Å². The Morgan fingerprint density at radius 2 is 2.00 bits per heavy atom. The number of amides is 1. The molecule has 0 aliphatic rings. The Morgan fingerprint density at radius 3 is 2.67 bits per heavy atom.